The van der Waals surface area contributed by atoms with E-state index in [0.717, 1.165) is 22.6 Å². The second kappa shape index (κ2) is 13.5. The van der Waals surface area contributed by atoms with Crippen LogP contribution in [-0.2, 0) is 13.2 Å². The summed E-state index contributed by atoms with van der Waals surface area (Å²) in [5.74, 6) is 0.777. The van der Waals surface area contributed by atoms with Gasteiger partial charge in [-0.25, -0.2) is 10.2 Å². The third-order valence-corrected chi connectivity index (χ3v) is 6.80. The predicted octanol–water partition coefficient (Wildman–Crippen LogP) is 6.32. The SMILES string of the molecule is COc1cc(C=NNC(=O)c2ccc(COc3ccc(-n4c(C)ccc4C)cc3)o2)ccc1OCc1ccc(C(=O)O)cc1. The molecule has 1 amide bonds. The van der Waals surface area contributed by atoms with Crippen molar-refractivity contribution in [1.29, 1.82) is 0 Å². The number of furan rings is 1. The molecule has 0 aliphatic heterocycles. The van der Waals surface area contributed by atoms with E-state index in [1.54, 1.807) is 42.5 Å². The number of ether oxygens (including phenoxy) is 3. The summed E-state index contributed by atoms with van der Waals surface area (Å²) in [6.45, 7) is 4.53. The van der Waals surface area contributed by atoms with Crippen LogP contribution in [0.5, 0.6) is 17.2 Å². The summed E-state index contributed by atoms with van der Waals surface area (Å²) in [4.78, 5) is 23.6. The zero-order chi connectivity index (χ0) is 31.1. The number of carbonyl (C=O) groups is 2. The summed E-state index contributed by atoms with van der Waals surface area (Å²) in [5.41, 5.74) is 7.51. The van der Waals surface area contributed by atoms with Gasteiger partial charge in [-0.2, -0.15) is 5.10 Å². The molecule has 0 radical (unpaired) electrons. The quantitative estimate of drug-likeness (QED) is 0.128. The fraction of sp³-hybridized carbons (Fsp3) is 0.147. The molecule has 2 heterocycles. The molecule has 10 nitrogen and oxygen atoms in total. The van der Waals surface area contributed by atoms with Gasteiger partial charge in [-0.3, -0.25) is 4.79 Å². The highest BCUT2D eigenvalue weighted by Gasteiger charge is 2.12. The van der Waals surface area contributed by atoms with Crippen LogP contribution in [0, 0.1) is 13.8 Å². The molecule has 5 aromatic rings. The fourth-order valence-corrected chi connectivity index (χ4v) is 4.51. The Balaban J connectivity index is 1.11. The number of nitrogens with zero attached hydrogens (tertiary/aromatic N) is 2. The maximum atomic E-state index is 12.5. The van der Waals surface area contributed by atoms with E-state index >= 15 is 0 Å². The van der Waals surface area contributed by atoms with Gasteiger partial charge in [-0.15, -0.1) is 0 Å². The number of hydrazone groups is 1. The summed E-state index contributed by atoms with van der Waals surface area (Å²) in [7, 11) is 1.52. The van der Waals surface area contributed by atoms with Gasteiger partial charge >= 0.3 is 11.9 Å². The van der Waals surface area contributed by atoms with E-state index in [-0.39, 0.29) is 24.5 Å². The maximum absolute atomic E-state index is 12.5. The molecule has 2 N–H and O–H groups in total. The van der Waals surface area contributed by atoms with E-state index in [9.17, 15) is 9.59 Å². The largest absolute Gasteiger partial charge is 0.493 e. The maximum Gasteiger partial charge on any atom is 0.335 e. The van der Waals surface area contributed by atoms with Crippen LogP contribution in [0.2, 0.25) is 0 Å². The van der Waals surface area contributed by atoms with Gasteiger partial charge in [0, 0.05) is 17.1 Å². The van der Waals surface area contributed by atoms with Crippen LogP contribution in [0.1, 0.15) is 49.2 Å². The summed E-state index contributed by atoms with van der Waals surface area (Å²) in [6.07, 6.45) is 1.47. The summed E-state index contributed by atoms with van der Waals surface area (Å²) >= 11 is 0. The smallest absolute Gasteiger partial charge is 0.335 e. The molecule has 2 aromatic heterocycles. The van der Waals surface area contributed by atoms with Crippen molar-refractivity contribution in [2.24, 2.45) is 5.10 Å². The van der Waals surface area contributed by atoms with Crippen molar-refractivity contribution in [1.82, 2.24) is 9.99 Å². The molecule has 0 saturated heterocycles. The van der Waals surface area contributed by atoms with Gasteiger partial charge in [0.15, 0.2) is 17.3 Å². The third kappa shape index (κ3) is 7.16. The molecule has 0 saturated carbocycles. The van der Waals surface area contributed by atoms with Crippen molar-refractivity contribution in [3.63, 3.8) is 0 Å². The average Bonchev–Trinajstić information content (AvgIpc) is 3.65. The molecule has 0 fully saturated rings. The Labute approximate surface area is 254 Å². The Morgan fingerprint density at radius 1 is 0.864 bits per heavy atom. The molecule has 224 valence electrons. The van der Waals surface area contributed by atoms with E-state index in [4.69, 9.17) is 23.7 Å². The zero-order valence-corrected chi connectivity index (χ0v) is 24.4. The number of rotatable bonds is 12. The van der Waals surface area contributed by atoms with Gasteiger partial charge in [0.2, 0.25) is 0 Å². The first kappa shape index (κ1) is 29.7. The third-order valence-electron chi connectivity index (χ3n) is 6.80. The number of carboxylic acids is 1. The molecule has 0 aliphatic carbocycles. The number of aromatic carboxylic acids is 1. The van der Waals surface area contributed by atoms with Gasteiger partial charge in [0.25, 0.3) is 0 Å². The van der Waals surface area contributed by atoms with Crippen LogP contribution in [-0.4, -0.2) is 34.9 Å². The minimum absolute atomic E-state index is 0.104. The van der Waals surface area contributed by atoms with Crippen molar-refractivity contribution >= 4 is 18.1 Å². The highest BCUT2D eigenvalue weighted by atomic mass is 16.5. The second-order valence-corrected chi connectivity index (χ2v) is 9.90. The normalized spacial score (nSPS) is 11.0. The van der Waals surface area contributed by atoms with Gasteiger partial charge in [0.1, 0.15) is 24.7 Å². The molecular weight excluding hydrogens is 562 g/mol. The van der Waals surface area contributed by atoms with E-state index in [2.05, 4.69) is 41.1 Å². The topological polar surface area (TPSA) is 125 Å². The number of aromatic nitrogens is 1. The number of carbonyl (C=O) groups excluding carboxylic acids is 1. The van der Waals surface area contributed by atoms with Gasteiger partial charge in [-0.05, 0) is 104 Å². The van der Waals surface area contributed by atoms with E-state index in [0.29, 0.717) is 28.6 Å². The number of hydrogen-bond donors (Lipinski definition) is 2. The summed E-state index contributed by atoms with van der Waals surface area (Å²) in [6, 6.07) is 26.8. The minimum atomic E-state index is -0.983. The Bertz CT molecular complexity index is 1770. The van der Waals surface area contributed by atoms with Crippen LogP contribution >= 0.6 is 0 Å². The molecular formula is C34H31N3O7. The Morgan fingerprint density at radius 2 is 1.59 bits per heavy atom. The van der Waals surface area contributed by atoms with E-state index < -0.39 is 11.9 Å². The Hall–Kier alpha value is -5.77. The van der Waals surface area contributed by atoms with Crippen molar-refractivity contribution < 1.29 is 33.3 Å². The fourth-order valence-electron chi connectivity index (χ4n) is 4.51. The van der Waals surface area contributed by atoms with Gasteiger partial charge in [0.05, 0.1) is 18.9 Å². The molecule has 0 unspecified atom stereocenters. The van der Waals surface area contributed by atoms with Crippen LogP contribution in [0.15, 0.2) is 101 Å². The summed E-state index contributed by atoms with van der Waals surface area (Å²) < 4.78 is 24.9. The second-order valence-electron chi connectivity index (χ2n) is 9.90. The molecule has 0 atom stereocenters. The lowest BCUT2D eigenvalue weighted by atomic mass is 10.1. The first-order chi connectivity index (χ1) is 21.3. The van der Waals surface area contributed by atoms with E-state index in [1.807, 2.05) is 24.3 Å². The molecule has 10 heteroatoms. The van der Waals surface area contributed by atoms with Crippen LogP contribution in [0.3, 0.4) is 0 Å². The Morgan fingerprint density at radius 3 is 2.27 bits per heavy atom. The first-order valence-corrected chi connectivity index (χ1v) is 13.7. The molecule has 44 heavy (non-hydrogen) atoms. The lowest BCUT2D eigenvalue weighted by Crippen LogP contribution is -2.16. The van der Waals surface area contributed by atoms with Gasteiger partial charge in [-0.1, -0.05) is 12.1 Å². The number of methoxy groups -OCH3 is 1. The monoisotopic (exact) mass is 593 g/mol. The van der Waals surface area contributed by atoms with Crippen LogP contribution in [0.4, 0.5) is 0 Å². The molecule has 3 aromatic carbocycles. The predicted molar refractivity (Wildman–Crippen MR) is 164 cm³/mol. The summed E-state index contributed by atoms with van der Waals surface area (Å²) in [5, 5.41) is 13.1. The minimum Gasteiger partial charge on any atom is -0.493 e. The number of carboxylic acid groups (broad SMARTS) is 1. The van der Waals surface area contributed by atoms with Crippen molar-refractivity contribution in [2.45, 2.75) is 27.1 Å². The number of amides is 1. The van der Waals surface area contributed by atoms with Crippen LogP contribution < -0.4 is 19.6 Å². The Kier molecular flexibility index (Phi) is 9.10. The van der Waals surface area contributed by atoms with Crippen molar-refractivity contribution in [3.8, 4) is 22.9 Å². The molecule has 0 spiro atoms. The van der Waals surface area contributed by atoms with E-state index in [1.165, 1.54) is 25.5 Å². The zero-order valence-electron chi connectivity index (χ0n) is 24.4. The lowest BCUT2D eigenvalue weighted by molar-refractivity contribution is 0.0696. The average molecular weight is 594 g/mol. The lowest BCUT2D eigenvalue weighted by Gasteiger charge is -2.11. The molecule has 5 rings (SSSR count). The van der Waals surface area contributed by atoms with Gasteiger partial charge < -0.3 is 28.3 Å². The highest BCUT2D eigenvalue weighted by Crippen LogP contribution is 2.28. The number of hydrogen-bond acceptors (Lipinski definition) is 7. The standard InChI is InChI=1S/C34H31N3O7/c1-22-4-5-23(2)37(22)27-11-13-28(14-12-27)42-21-29-15-17-31(44-29)33(38)36-35-19-25-8-16-30(32(18-25)41-3)43-20-24-6-9-26(10-7-24)34(39)40/h4-19H,20-21H2,1-3H3,(H,36,38)(H,39,40). The number of aryl methyl sites for hydroxylation is 2. The molecule has 0 bridgehead atoms. The first-order valence-electron chi connectivity index (χ1n) is 13.7. The molecule has 0 aliphatic rings. The van der Waals surface area contributed by atoms with Crippen molar-refractivity contribution in [2.75, 3.05) is 7.11 Å². The van der Waals surface area contributed by atoms with Crippen LogP contribution in [0.25, 0.3) is 5.69 Å². The van der Waals surface area contributed by atoms with Crippen molar-refractivity contribution in [3.05, 3.63) is 131 Å². The highest BCUT2D eigenvalue weighted by molar-refractivity contribution is 5.92. The number of nitrogens with one attached hydrogen (secondary N) is 1. The number of benzene rings is 3.